The number of carbonyl (C=O) groups excluding carboxylic acids is 1. The van der Waals surface area contributed by atoms with Crippen LogP contribution in [0.2, 0.25) is 0 Å². The summed E-state index contributed by atoms with van der Waals surface area (Å²) in [6, 6.07) is 7.68. The Labute approximate surface area is 184 Å². The van der Waals surface area contributed by atoms with Gasteiger partial charge >= 0.3 is 0 Å². The highest BCUT2D eigenvalue weighted by Gasteiger charge is 2.23. The summed E-state index contributed by atoms with van der Waals surface area (Å²) in [6.07, 6.45) is 6.26. The van der Waals surface area contributed by atoms with Gasteiger partial charge in [-0.05, 0) is 53.0 Å². The molecule has 3 aromatic heterocycles. The number of thiazole rings is 1. The molecule has 29 heavy (non-hydrogen) atoms. The summed E-state index contributed by atoms with van der Waals surface area (Å²) in [4.78, 5) is 24.6. The number of benzene rings is 1. The van der Waals surface area contributed by atoms with E-state index in [1.807, 2.05) is 42.0 Å². The van der Waals surface area contributed by atoms with Gasteiger partial charge in [0.1, 0.15) is 11.3 Å². The molecule has 1 aromatic carbocycles. The Morgan fingerprint density at radius 2 is 2.14 bits per heavy atom. The molecule has 0 spiro atoms. The third-order valence-electron chi connectivity index (χ3n) is 4.53. The average molecular weight is 491 g/mol. The van der Waals surface area contributed by atoms with Crippen LogP contribution < -0.4 is 9.64 Å². The first-order chi connectivity index (χ1) is 14.1. The SMILES string of the molecule is COc1ccc(C)c2sc(N(CCCn3ccnc3)C(=O)c3ccc(Br)s3)nc12. The van der Waals surface area contributed by atoms with E-state index in [9.17, 15) is 4.79 Å². The quantitative estimate of drug-likeness (QED) is 0.349. The molecule has 0 bridgehead atoms. The number of anilines is 1. The number of aromatic nitrogens is 3. The minimum Gasteiger partial charge on any atom is -0.494 e. The normalized spacial score (nSPS) is 11.1. The Morgan fingerprint density at radius 3 is 2.83 bits per heavy atom. The van der Waals surface area contributed by atoms with Crippen LogP contribution in [-0.4, -0.2) is 34.1 Å². The van der Waals surface area contributed by atoms with Gasteiger partial charge in [0.15, 0.2) is 5.13 Å². The number of fused-ring (bicyclic) bond motifs is 1. The summed E-state index contributed by atoms with van der Waals surface area (Å²) in [5.41, 5.74) is 1.92. The highest BCUT2D eigenvalue weighted by Crippen LogP contribution is 2.37. The highest BCUT2D eigenvalue weighted by molar-refractivity contribution is 9.11. The molecule has 0 saturated carbocycles. The second-order valence-corrected chi connectivity index (χ2v) is 9.91. The number of aryl methyl sites for hydroxylation is 2. The van der Waals surface area contributed by atoms with Gasteiger partial charge < -0.3 is 9.30 Å². The van der Waals surface area contributed by atoms with Crippen molar-refractivity contribution in [3.63, 3.8) is 0 Å². The molecule has 0 atom stereocenters. The number of carbonyl (C=O) groups is 1. The molecule has 1 amide bonds. The molecule has 0 aliphatic carbocycles. The molecule has 0 saturated heterocycles. The van der Waals surface area contributed by atoms with E-state index in [4.69, 9.17) is 9.72 Å². The van der Waals surface area contributed by atoms with E-state index in [0.29, 0.717) is 16.6 Å². The lowest BCUT2D eigenvalue weighted by molar-refractivity contribution is 0.0990. The summed E-state index contributed by atoms with van der Waals surface area (Å²) in [6.45, 7) is 3.39. The first-order valence-corrected chi connectivity index (χ1v) is 11.5. The molecule has 0 unspecified atom stereocenters. The van der Waals surface area contributed by atoms with Crippen molar-refractivity contribution < 1.29 is 9.53 Å². The Hall–Kier alpha value is -2.23. The van der Waals surface area contributed by atoms with Gasteiger partial charge in [-0.1, -0.05) is 17.4 Å². The van der Waals surface area contributed by atoms with Crippen molar-refractivity contribution >= 4 is 59.9 Å². The van der Waals surface area contributed by atoms with Crippen molar-refractivity contribution in [3.8, 4) is 5.75 Å². The van der Waals surface area contributed by atoms with Crippen LogP contribution in [0.25, 0.3) is 10.2 Å². The molecule has 0 fully saturated rings. The van der Waals surface area contributed by atoms with E-state index in [2.05, 4.69) is 20.9 Å². The van der Waals surface area contributed by atoms with Crippen LogP contribution in [0, 0.1) is 6.92 Å². The standard InChI is InChI=1S/C20H19BrN4O2S2/c1-13-4-5-14(27-2)17-18(13)29-20(23-17)25(10-3-9-24-11-8-22-12-24)19(26)15-6-7-16(21)28-15/h4-8,11-12H,3,9-10H2,1-2H3. The maximum absolute atomic E-state index is 13.3. The van der Waals surface area contributed by atoms with Gasteiger partial charge in [-0.25, -0.2) is 9.97 Å². The van der Waals surface area contributed by atoms with Gasteiger partial charge in [-0.2, -0.15) is 0 Å². The van der Waals surface area contributed by atoms with Crippen LogP contribution in [0.1, 0.15) is 21.7 Å². The summed E-state index contributed by atoms with van der Waals surface area (Å²) in [7, 11) is 1.64. The monoisotopic (exact) mass is 490 g/mol. The Morgan fingerprint density at radius 1 is 1.28 bits per heavy atom. The smallest absolute Gasteiger partial charge is 0.270 e. The van der Waals surface area contributed by atoms with Crippen molar-refractivity contribution in [1.82, 2.24) is 14.5 Å². The van der Waals surface area contributed by atoms with E-state index >= 15 is 0 Å². The fourth-order valence-electron chi connectivity index (χ4n) is 3.06. The second kappa shape index (κ2) is 8.64. The minimum atomic E-state index is -0.0398. The maximum Gasteiger partial charge on any atom is 0.270 e. The lowest BCUT2D eigenvalue weighted by Crippen LogP contribution is -2.31. The van der Waals surface area contributed by atoms with Gasteiger partial charge in [-0.3, -0.25) is 9.69 Å². The predicted octanol–water partition coefficient (Wildman–Crippen LogP) is 5.37. The number of hydrogen-bond acceptors (Lipinski definition) is 6. The van der Waals surface area contributed by atoms with Gasteiger partial charge in [0.05, 0.1) is 26.8 Å². The molecule has 0 aliphatic rings. The van der Waals surface area contributed by atoms with E-state index < -0.39 is 0 Å². The summed E-state index contributed by atoms with van der Waals surface area (Å²) in [5, 5.41) is 0.688. The molecule has 4 aromatic rings. The second-order valence-electron chi connectivity index (χ2n) is 6.47. The maximum atomic E-state index is 13.3. The van der Waals surface area contributed by atoms with Crippen LogP contribution in [0.5, 0.6) is 5.75 Å². The molecule has 4 rings (SSSR count). The zero-order valence-electron chi connectivity index (χ0n) is 16.0. The summed E-state index contributed by atoms with van der Waals surface area (Å²) >= 11 is 6.41. The first-order valence-electron chi connectivity index (χ1n) is 9.04. The zero-order valence-corrected chi connectivity index (χ0v) is 19.2. The summed E-state index contributed by atoms with van der Waals surface area (Å²) < 4.78 is 9.46. The van der Waals surface area contributed by atoms with Crippen molar-refractivity contribution in [2.45, 2.75) is 19.9 Å². The van der Waals surface area contributed by atoms with Crippen LogP contribution in [0.4, 0.5) is 5.13 Å². The fraction of sp³-hybridized carbons (Fsp3) is 0.250. The highest BCUT2D eigenvalue weighted by atomic mass is 79.9. The van der Waals surface area contributed by atoms with Crippen molar-refractivity contribution in [2.24, 2.45) is 0 Å². The molecule has 0 N–H and O–H groups in total. The Bertz CT molecular complexity index is 1140. The van der Waals surface area contributed by atoms with Crippen LogP contribution in [-0.2, 0) is 6.54 Å². The third kappa shape index (κ3) is 4.22. The summed E-state index contributed by atoms with van der Waals surface area (Å²) in [5.74, 6) is 0.680. The van der Waals surface area contributed by atoms with Gasteiger partial charge in [-0.15, -0.1) is 11.3 Å². The van der Waals surface area contributed by atoms with Crippen LogP contribution >= 0.6 is 38.6 Å². The van der Waals surface area contributed by atoms with Crippen LogP contribution in [0.15, 0.2) is 46.8 Å². The minimum absolute atomic E-state index is 0.0398. The lowest BCUT2D eigenvalue weighted by atomic mass is 10.2. The largest absolute Gasteiger partial charge is 0.494 e. The van der Waals surface area contributed by atoms with Gasteiger partial charge in [0.25, 0.3) is 5.91 Å². The molecule has 150 valence electrons. The van der Waals surface area contributed by atoms with Crippen LogP contribution in [0.3, 0.4) is 0 Å². The molecule has 0 aliphatic heterocycles. The van der Waals surface area contributed by atoms with E-state index in [-0.39, 0.29) is 5.91 Å². The topological polar surface area (TPSA) is 60.2 Å². The molecule has 9 heteroatoms. The number of methoxy groups -OCH3 is 1. The molecular formula is C20H19BrN4O2S2. The zero-order chi connectivity index (χ0) is 20.4. The fourth-order valence-corrected chi connectivity index (χ4v) is 5.47. The Kier molecular flexibility index (Phi) is 5.98. The van der Waals surface area contributed by atoms with E-state index in [1.165, 1.54) is 22.7 Å². The van der Waals surface area contributed by atoms with Gasteiger partial charge in [0.2, 0.25) is 0 Å². The lowest BCUT2D eigenvalue weighted by Gasteiger charge is -2.19. The number of amides is 1. The average Bonchev–Trinajstić information content (AvgIpc) is 3.46. The number of thiophene rings is 1. The van der Waals surface area contributed by atoms with Crippen molar-refractivity contribution in [3.05, 3.63) is 57.2 Å². The molecule has 6 nitrogen and oxygen atoms in total. The number of imidazole rings is 1. The van der Waals surface area contributed by atoms with Crippen molar-refractivity contribution in [1.29, 1.82) is 0 Å². The predicted molar refractivity (Wildman–Crippen MR) is 121 cm³/mol. The number of rotatable bonds is 7. The molecular weight excluding hydrogens is 472 g/mol. The third-order valence-corrected chi connectivity index (χ3v) is 7.35. The first kappa shape index (κ1) is 20.1. The van der Waals surface area contributed by atoms with E-state index in [1.54, 1.807) is 24.5 Å². The van der Waals surface area contributed by atoms with Gasteiger partial charge in [0, 0.05) is 25.5 Å². The molecule has 0 radical (unpaired) electrons. The Balaban J connectivity index is 1.68. The number of ether oxygens (including phenoxy) is 1. The number of nitrogens with zero attached hydrogens (tertiary/aromatic N) is 4. The van der Waals surface area contributed by atoms with Crippen molar-refractivity contribution in [2.75, 3.05) is 18.6 Å². The molecule has 3 heterocycles. The number of hydrogen-bond donors (Lipinski definition) is 0. The number of halogens is 1. The van der Waals surface area contributed by atoms with E-state index in [0.717, 1.165) is 38.3 Å².